The summed E-state index contributed by atoms with van der Waals surface area (Å²) in [7, 11) is 3.48. The lowest BCUT2D eigenvalue weighted by Crippen LogP contribution is -2.21. The second-order valence-corrected chi connectivity index (χ2v) is 5.81. The minimum absolute atomic E-state index is 0.0119. The normalized spacial score (nSPS) is 12.3. The first-order valence-electron chi connectivity index (χ1n) is 7.45. The topological polar surface area (TPSA) is 69.2 Å². The Morgan fingerprint density at radius 2 is 1.78 bits per heavy atom. The fourth-order valence-electron chi connectivity index (χ4n) is 2.47. The third kappa shape index (κ3) is 2.96. The molecule has 23 heavy (non-hydrogen) atoms. The van der Waals surface area contributed by atoms with Gasteiger partial charge in [-0.3, -0.25) is 4.79 Å². The van der Waals surface area contributed by atoms with Gasteiger partial charge in [0.05, 0.1) is 11.0 Å². The molecule has 0 bridgehead atoms. The summed E-state index contributed by atoms with van der Waals surface area (Å²) in [6.07, 6.45) is -0.623. The number of hydrogen-bond donors (Lipinski definition) is 2. The van der Waals surface area contributed by atoms with Crippen molar-refractivity contribution in [1.82, 2.24) is 14.9 Å². The summed E-state index contributed by atoms with van der Waals surface area (Å²) >= 11 is 0. The number of carbonyl (C=O) groups is 1. The fourth-order valence-corrected chi connectivity index (χ4v) is 2.47. The number of carbonyl (C=O) groups excluding carboxylic acids is 1. The molecule has 0 saturated carbocycles. The van der Waals surface area contributed by atoms with Crippen LogP contribution in [-0.4, -0.2) is 40.0 Å². The molecule has 3 aromatic rings. The van der Waals surface area contributed by atoms with Gasteiger partial charge in [0, 0.05) is 19.7 Å². The predicted molar refractivity (Wildman–Crippen MR) is 90.2 cm³/mol. The number of imidazole rings is 1. The minimum atomic E-state index is -0.623. The van der Waals surface area contributed by atoms with Crippen LogP contribution in [0.2, 0.25) is 0 Å². The SMILES string of the molecule is CC(O)c1nc2ccc(-c3ccc(C(=O)N(C)C)cc3)cc2[nH]1. The van der Waals surface area contributed by atoms with E-state index in [0.29, 0.717) is 11.4 Å². The molecule has 0 radical (unpaired) electrons. The lowest BCUT2D eigenvalue weighted by molar-refractivity contribution is 0.0827. The van der Waals surface area contributed by atoms with Gasteiger partial charge in [0.15, 0.2) is 0 Å². The number of aromatic amines is 1. The Hall–Kier alpha value is -2.66. The monoisotopic (exact) mass is 309 g/mol. The maximum atomic E-state index is 11.9. The summed E-state index contributed by atoms with van der Waals surface area (Å²) in [5.74, 6) is 0.547. The van der Waals surface area contributed by atoms with E-state index in [1.807, 2.05) is 42.5 Å². The number of fused-ring (bicyclic) bond motifs is 1. The van der Waals surface area contributed by atoms with E-state index in [0.717, 1.165) is 22.2 Å². The molecule has 1 aromatic heterocycles. The van der Waals surface area contributed by atoms with E-state index in [-0.39, 0.29) is 5.91 Å². The minimum Gasteiger partial charge on any atom is -0.385 e. The summed E-state index contributed by atoms with van der Waals surface area (Å²) in [6, 6.07) is 13.4. The Morgan fingerprint density at radius 3 is 2.39 bits per heavy atom. The third-order valence-corrected chi connectivity index (χ3v) is 3.77. The number of aliphatic hydroxyl groups is 1. The van der Waals surface area contributed by atoms with E-state index in [1.165, 1.54) is 0 Å². The van der Waals surface area contributed by atoms with E-state index in [1.54, 1.807) is 25.9 Å². The van der Waals surface area contributed by atoms with Crippen molar-refractivity contribution in [3.05, 3.63) is 53.9 Å². The van der Waals surface area contributed by atoms with Crippen LogP contribution in [0.1, 0.15) is 29.2 Å². The van der Waals surface area contributed by atoms with Crippen molar-refractivity contribution in [2.24, 2.45) is 0 Å². The number of nitrogens with zero attached hydrogens (tertiary/aromatic N) is 2. The van der Waals surface area contributed by atoms with Crippen molar-refractivity contribution < 1.29 is 9.90 Å². The highest BCUT2D eigenvalue weighted by Gasteiger charge is 2.10. The van der Waals surface area contributed by atoms with Crippen molar-refractivity contribution in [2.45, 2.75) is 13.0 Å². The Balaban J connectivity index is 1.95. The molecule has 0 aliphatic rings. The van der Waals surface area contributed by atoms with Gasteiger partial charge in [0.25, 0.3) is 5.91 Å². The Morgan fingerprint density at radius 1 is 1.13 bits per heavy atom. The molecular formula is C18H19N3O2. The van der Waals surface area contributed by atoms with Crippen molar-refractivity contribution in [2.75, 3.05) is 14.1 Å². The van der Waals surface area contributed by atoms with E-state index in [2.05, 4.69) is 9.97 Å². The van der Waals surface area contributed by atoms with Crippen LogP contribution in [0.15, 0.2) is 42.5 Å². The van der Waals surface area contributed by atoms with Gasteiger partial charge in [-0.1, -0.05) is 18.2 Å². The molecule has 3 rings (SSSR count). The number of amides is 1. The highest BCUT2D eigenvalue weighted by atomic mass is 16.3. The van der Waals surface area contributed by atoms with Crippen LogP contribution in [-0.2, 0) is 0 Å². The molecule has 1 heterocycles. The zero-order valence-electron chi connectivity index (χ0n) is 13.4. The second-order valence-electron chi connectivity index (χ2n) is 5.81. The van der Waals surface area contributed by atoms with Crippen molar-refractivity contribution >= 4 is 16.9 Å². The quantitative estimate of drug-likeness (QED) is 0.781. The summed E-state index contributed by atoms with van der Waals surface area (Å²) in [5.41, 5.74) is 4.42. The molecular weight excluding hydrogens is 290 g/mol. The Bertz CT molecular complexity index is 848. The molecule has 0 fully saturated rings. The van der Waals surface area contributed by atoms with Crippen LogP contribution in [0, 0.1) is 0 Å². The summed E-state index contributed by atoms with van der Waals surface area (Å²) < 4.78 is 0. The number of H-pyrrole nitrogens is 1. The fraction of sp³-hybridized carbons (Fsp3) is 0.222. The molecule has 0 aliphatic carbocycles. The third-order valence-electron chi connectivity index (χ3n) is 3.77. The van der Waals surface area contributed by atoms with Gasteiger partial charge in [-0.25, -0.2) is 4.98 Å². The Kier molecular flexibility index (Phi) is 3.88. The zero-order chi connectivity index (χ0) is 16.6. The smallest absolute Gasteiger partial charge is 0.253 e. The molecule has 118 valence electrons. The van der Waals surface area contributed by atoms with Crippen LogP contribution in [0.5, 0.6) is 0 Å². The first-order valence-corrected chi connectivity index (χ1v) is 7.45. The lowest BCUT2D eigenvalue weighted by atomic mass is 10.0. The average Bonchev–Trinajstić information content (AvgIpc) is 2.97. The molecule has 1 unspecified atom stereocenters. The van der Waals surface area contributed by atoms with Gasteiger partial charge in [0.2, 0.25) is 0 Å². The highest BCUT2D eigenvalue weighted by Crippen LogP contribution is 2.25. The van der Waals surface area contributed by atoms with Crippen LogP contribution < -0.4 is 0 Å². The molecule has 5 nitrogen and oxygen atoms in total. The number of aliphatic hydroxyl groups excluding tert-OH is 1. The van der Waals surface area contributed by atoms with Crippen molar-refractivity contribution in [1.29, 1.82) is 0 Å². The van der Waals surface area contributed by atoms with E-state index < -0.39 is 6.10 Å². The van der Waals surface area contributed by atoms with Gasteiger partial charge >= 0.3 is 0 Å². The van der Waals surface area contributed by atoms with Gasteiger partial charge in [-0.15, -0.1) is 0 Å². The molecule has 5 heteroatoms. The second kappa shape index (κ2) is 5.85. The highest BCUT2D eigenvalue weighted by molar-refractivity contribution is 5.94. The predicted octanol–water partition coefficient (Wildman–Crippen LogP) is 2.99. The number of hydrogen-bond acceptors (Lipinski definition) is 3. The Labute approximate surface area is 134 Å². The number of nitrogens with one attached hydrogen (secondary N) is 1. The van der Waals surface area contributed by atoms with Gasteiger partial charge in [0.1, 0.15) is 11.9 Å². The van der Waals surface area contributed by atoms with Gasteiger partial charge in [-0.05, 0) is 42.3 Å². The van der Waals surface area contributed by atoms with Crippen LogP contribution in [0.4, 0.5) is 0 Å². The summed E-state index contributed by atoms with van der Waals surface area (Å²) in [5, 5.41) is 9.61. The molecule has 1 amide bonds. The maximum Gasteiger partial charge on any atom is 0.253 e. The van der Waals surface area contributed by atoms with E-state index in [4.69, 9.17) is 0 Å². The summed E-state index contributed by atoms with van der Waals surface area (Å²) in [4.78, 5) is 21.0. The van der Waals surface area contributed by atoms with Gasteiger partial charge < -0.3 is 15.0 Å². The number of benzene rings is 2. The van der Waals surface area contributed by atoms with Crippen LogP contribution >= 0.6 is 0 Å². The molecule has 0 saturated heterocycles. The number of rotatable bonds is 3. The molecule has 2 N–H and O–H groups in total. The number of aromatic nitrogens is 2. The van der Waals surface area contributed by atoms with E-state index in [9.17, 15) is 9.90 Å². The van der Waals surface area contributed by atoms with Crippen molar-refractivity contribution in [3.63, 3.8) is 0 Å². The maximum absolute atomic E-state index is 11.9. The largest absolute Gasteiger partial charge is 0.385 e. The van der Waals surface area contributed by atoms with Crippen LogP contribution in [0.25, 0.3) is 22.2 Å². The van der Waals surface area contributed by atoms with Crippen LogP contribution in [0.3, 0.4) is 0 Å². The molecule has 0 aliphatic heterocycles. The van der Waals surface area contributed by atoms with Gasteiger partial charge in [-0.2, -0.15) is 0 Å². The summed E-state index contributed by atoms with van der Waals surface area (Å²) in [6.45, 7) is 1.68. The average molecular weight is 309 g/mol. The van der Waals surface area contributed by atoms with E-state index >= 15 is 0 Å². The standard InChI is InChI=1S/C18H19N3O2/c1-11(22)17-19-15-9-8-14(10-16(15)20-17)12-4-6-13(7-5-12)18(23)21(2)3/h4-11,22H,1-3H3,(H,19,20). The zero-order valence-corrected chi connectivity index (χ0v) is 13.4. The first kappa shape index (κ1) is 15.2. The molecule has 0 spiro atoms. The molecule has 2 aromatic carbocycles. The molecule has 1 atom stereocenters. The lowest BCUT2D eigenvalue weighted by Gasteiger charge is -2.10. The first-order chi connectivity index (χ1) is 11.0. The van der Waals surface area contributed by atoms with Crippen molar-refractivity contribution in [3.8, 4) is 11.1 Å².